The Morgan fingerprint density at radius 2 is 2.06 bits per heavy atom. The lowest BCUT2D eigenvalue weighted by Crippen LogP contribution is -2.33. The first kappa shape index (κ1) is 11.2. The van der Waals surface area contributed by atoms with Gasteiger partial charge in [-0.25, -0.2) is 4.98 Å². The molecule has 16 heavy (non-hydrogen) atoms. The molecule has 88 valence electrons. The largest absolute Gasteiger partial charge is 0.397 e. The molecule has 0 unspecified atom stereocenters. The van der Waals surface area contributed by atoms with E-state index in [0.717, 1.165) is 23.7 Å². The Balaban J connectivity index is 2.22. The average Bonchev–Trinajstić information content (AvgIpc) is 2.78. The van der Waals surface area contributed by atoms with E-state index in [1.54, 1.807) is 0 Å². The number of nitrogens with zero attached hydrogens (tertiary/aromatic N) is 2. The normalized spacial score (nSPS) is 16.6. The van der Waals surface area contributed by atoms with Gasteiger partial charge in [-0.05, 0) is 38.8 Å². The summed E-state index contributed by atoms with van der Waals surface area (Å²) in [5.41, 5.74) is 7.53. The van der Waals surface area contributed by atoms with Crippen molar-refractivity contribution in [3.05, 3.63) is 17.8 Å². The van der Waals surface area contributed by atoms with Crippen molar-refractivity contribution in [3.63, 3.8) is 0 Å². The Kier molecular flexibility index (Phi) is 3.32. The summed E-state index contributed by atoms with van der Waals surface area (Å²) in [6.45, 7) is 5.20. The SMILES string of the molecule is CCN(c1ccc(N)c(C)n1)C1CCCC1. The lowest BCUT2D eigenvalue weighted by Gasteiger charge is -2.29. The highest BCUT2D eigenvalue weighted by molar-refractivity contribution is 5.50. The third-order valence-corrected chi connectivity index (χ3v) is 3.51. The number of nitrogens with two attached hydrogens (primary N) is 1. The third-order valence-electron chi connectivity index (χ3n) is 3.51. The highest BCUT2D eigenvalue weighted by Gasteiger charge is 2.22. The predicted octanol–water partition coefficient (Wildman–Crippen LogP) is 2.74. The summed E-state index contributed by atoms with van der Waals surface area (Å²) >= 11 is 0. The fraction of sp³-hybridized carbons (Fsp3) is 0.615. The molecule has 0 spiro atoms. The second kappa shape index (κ2) is 4.73. The van der Waals surface area contributed by atoms with Crippen LogP contribution in [0.3, 0.4) is 0 Å². The van der Waals surface area contributed by atoms with Crippen LogP contribution < -0.4 is 10.6 Å². The molecule has 0 aromatic carbocycles. The molecule has 2 rings (SSSR count). The Bertz CT molecular complexity index is 356. The highest BCUT2D eigenvalue weighted by Crippen LogP contribution is 2.27. The van der Waals surface area contributed by atoms with Crippen LogP contribution in [0.4, 0.5) is 11.5 Å². The highest BCUT2D eigenvalue weighted by atomic mass is 15.2. The predicted molar refractivity (Wildman–Crippen MR) is 68.7 cm³/mol. The van der Waals surface area contributed by atoms with Gasteiger partial charge < -0.3 is 10.6 Å². The number of aromatic nitrogens is 1. The van der Waals surface area contributed by atoms with Gasteiger partial charge in [0.2, 0.25) is 0 Å². The molecule has 1 fully saturated rings. The van der Waals surface area contributed by atoms with Gasteiger partial charge in [-0.1, -0.05) is 12.8 Å². The summed E-state index contributed by atoms with van der Waals surface area (Å²) in [6, 6.07) is 4.69. The molecule has 0 radical (unpaired) electrons. The van der Waals surface area contributed by atoms with Crippen LogP contribution in [-0.2, 0) is 0 Å². The molecule has 0 aliphatic heterocycles. The van der Waals surface area contributed by atoms with Gasteiger partial charge in [0.15, 0.2) is 0 Å². The smallest absolute Gasteiger partial charge is 0.129 e. The van der Waals surface area contributed by atoms with E-state index >= 15 is 0 Å². The zero-order valence-electron chi connectivity index (χ0n) is 10.2. The van der Waals surface area contributed by atoms with Gasteiger partial charge in [0.25, 0.3) is 0 Å². The Labute approximate surface area is 97.7 Å². The van der Waals surface area contributed by atoms with Crippen LogP contribution in [0.25, 0.3) is 0 Å². The van der Waals surface area contributed by atoms with Gasteiger partial charge >= 0.3 is 0 Å². The van der Waals surface area contributed by atoms with Crippen molar-refractivity contribution >= 4 is 11.5 Å². The first-order valence-electron chi connectivity index (χ1n) is 6.22. The summed E-state index contributed by atoms with van der Waals surface area (Å²) in [4.78, 5) is 7.01. The summed E-state index contributed by atoms with van der Waals surface area (Å²) in [6.07, 6.45) is 5.32. The molecule has 1 aromatic rings. The van der Waals surface area contributed by atoms with Gasteiger partial charge in [-0.15, -0.1) is 0 Å². The van der Waals surface area contributed by atoms with Crippen LogP contribution >= 0.6 is 0 Å². The van der Waals surface area contributed by atoms with Gasteiger partial charge in [0.05, 0.1) is 11.4 Å². The van der Waals surface area contributed by atoms with E-state index < -0.39 is 0 Å². The van der Waals surface area contributed by atoms with Crippen molar-refractivity contribution in [2.45, 2.75) is 45.6 Å². The molecule has 0 bridgehead atoms. The maximum atomic E-state index is 5.80. The maximum absolute atomic E-state index is 5.80. The minimum atomic E-state index is 0.681. The fourth-order valence-corrected chi connectivity index (χ4v) is 2.54. The van der Waals surface area contributed by atoms with Crippen molar-refractivity contribution in [3.8, 4) is 0 Å². The quantitative estimate of drug-likeness (QED) is 0.850. The van der Waals surface area contributed by atoms with E-state index in [4.69, 9.17) is 5.73 Å². The molecule has 3 nitrogen and oxygen atoms in total. The summed E-state index contributed by atoms with van der Waals surface area (Å²) < 4.78 is 0. The summed E-state index contributed by atoms with van der Waals surface area (Å²) in [5, 5.41) is 0. The molecule has 1 aliphatic carbocycles. The van der Waals surface area contributed by atoms with Crippen LogP contribution in [0.2, 0.25) is 0 Å². The minimum absolute atomic E-state index is 0.681. The van der Waals surface area contributed by atoms with Crippen LogP contribution in [0.1, 0.15) is 38.3 Å². The minimum Gasteiger partial charge on any atom is -0.397 e. The Morgan fingerprint density at radius 3 is 2.62 bits per heavy atom. The molecule has 0 atom stereocenters. The lowest BCUT2D eigenvalue weighted by molar-refractivity contribution is 0.612. The first-order valence-corrected chi connectivity index (χ1v) is 6.22. The third kappa shape index (κ3) is 2.13. The molecule has 1 aromatic heterocycles. The number of aryl methyl sites for hydroxylation is 1. The molecule has 1 saturated carbocycles. The van der Waals surface area contributed by atoms with Crippen LogP contribution in [0.15, 0.2) is 12.1 Å². The van der Waals surface area contributed by atoms with Crippen molar-refractivity contribution < 1.29 is 0 Å². The van der Waals surface area contributed by atoms with Crippen molar-refractivity contribution in [2.24, 2.45) is 0 Å². The number of nitrogen functional groups attached to an aromatic ring is 1. The first-order chi connectivity index (χ1) is 7.72. The lowest BCUT2D eigenvalue weighted by atomic mass is 10.2. The van der Waals surface area contributed by atoms with Crippen LogP contribution in [0.5, 0.6) is 0 Å². The fourth-order valence-electron chi connectivity index (χ4n) is 2.54. The van der Waals surface area contributed by atoms with E-state index in [1.165, 1.54) is 25.7 Å². The molecule has 3 heteroatoms. The van der Waals surface area contributed by atoms with Gasteiger partial charge in [-0.3, -0.25) is 0 Å². The van der Waals surface area contributed by atoms with Crippen molar-refractivity contribution in [2.75, 3.05) is 17.2 Å². The summed E-state index contributed by atoms with van der Waals surface area (Å²) in [7, 11) is 0. The number of pyridine rings is 1. The molecule has 1 heterocycles. The van der Waals surface area contributed by atoms with Crippen molar-refractivity contribution in [1.82, 2.24) is 4.98 Å². The Morgan fingerprint density at radius 1 is 1.38 bits per heavy atom. The number of hydrogen-bond donors (Lipinski definition) is 1. The molecular formula is C13H21N3. The zero-order valence-corrected chi connectivity index (χ0v) is 10.2. The van der Waals surface area contributed by atoms with Crippen molar-refractivity contribution in [1.29, 1.82) is 0 Å². The van der Waals surface area contributed by atoms with Crippen LogP contribution in [-0.4, -0.2) is 17.6 Å². The molecule has 0 amide bonds. The molecular weight excluding hydrogens is 198 g/mol. The van der Waals surface area contributed by atoms with E-state index in [9.17, 15) is 0 Å². The van der Waals surface area contributed by atoms with E-state index in [0.29, 0.717) is 6.04 Å². The van der Waals surface area contributed by atoms with E-state index in [-0.39, 0.29) is 0 Å². The molecule has 0 saturated heterocycles. The second-order valence-electron chi connectivity index (χ2n) is 4.57. The maximum Gasteiger partial charge on any atom is 0.129 e. The monoisotopic (exact) mass is 219 g/mol. The van der Waals surface area contributed by atoms with E-state index in [2.05, 4.69) is 16.8 Å². The average molecular weight is 219 g/mol. The van der Waals surface area contributed by atoms with Crippen LogP contribution in [0, 0.1) is 6.92 Å². The number of hydrogen-bond acceptors (Lipinski definition) is 3. The molecule has 1 aliphatic rings. The topological polar surface area (TPSA) is 42.1 Å². The Hall–Kier alpha value is -1.25. The molecule has 2 N–H and O–H groups in total. The van der Waals surface area contributed by atoms with Gasteiger partial charge in [0.1, 0.15) is 5.82 Å². The standard InChI is InChI=1S/C13H21N3/c1-3-16(11-6-4-5-7-11)13-9-8-12(14)10(2)15-13/h8-9,11H,3-7,14H2,1-2H3. The zero-order chi connectivity index (χ0) is 11.5. The number of rotatable bonds is 3. The van der Waals surface area contributed by atoms with Gasteiger partial charge in [-0.2, -0.15) is 0 Å². The summed E-state index contributed by atoms with van der Waals surface area (Å²) in [5.74, 6) is 1.08. The van der Waals surface area contributed by atoms with Gasteiger partial charge in [0, 0.05) is 12.6 Å². The van der Waals surface area contributed by atoms with E-state index in [1.807, 2.05) is 19.1 Å². The number of anilines is 2. The second-order valence-corrected chi connectivity index (χ2v) is 4.57.